The number of fused-ring (bicyclic) bond motifs is 1. The second kappa shape index (κ2) is 6.34. The normalized spacial score (nSPS) is 25.4. The van der Waals surface area contributed by atoms with Crippen LogP contribution in [0.4, 0.5) is 0 Å². The summed E-state index contributed by atoms with van der Waals surface area (Å²) >= 11 is 1.59. The Bertz CT molecular complexity index is 587. The SMILES string of the molecule is Cc1nc(C)c(CC(=O)N2CC[C@@H]3NC(=O)CO[C@H]3CC2)s1. The molecular weight excluding hydrogens is 302 g/mol. The maximum atomic E-state index is 12.5. The third kappa shape index (κ3) is 3.30. The summed E-state index contributed by atoms with van der Waals surface area (Å²) in [6.45, 7) is 5.40. The topological polar surface area (TPSA) is 71.5 Å². The summed E-state index contributed by atoms with van der Waals surface area (Å²) in [6.07, 6.45) is 1.98. The van der Waals surface area contributed by atoms with Crippen LogP contribution in [-0.2, 0) is 20.7 Å². The Morgan fingerprint density at radius 1 is 1.41 bits per heavy atom. The lowest BCUT2D eigenvalue weighted by atomic mass is 10.0. The van der Waals surface area contributed by atoms with Gasteiger partial charge in [0.15, 0.2) is 0 Å². The molecule has 7 heteroatoms. The third-order valence-electron chi connectivity index (χ3n) is 4.28. The lowest BCUT2D eigenvalue weighted by Crippen LogP contribution is -2.51. The average Bonchev–Trinajstić information content (AvgIpc) is 2.68. The molecule has 1 aromatic rings. The van der Waals surface area contributed by atoms with Crippen LogP contribution in [0.2, 0.25) is 0 Å². The van der Waals surface area contributed by atoms with Crippen molar-refractivity contribution in [1.29, 1.82) is 0 Å². The maximum Gasteiger partial charge on any atom is 0.246 e. The number of hydrogen-bond donors (Lipinski definition) is 1. The first-order valence-corrected chi connectivity index (χ1v) is 8.46. The second-order valence-electron chi connectivity index (χ2n) is 5.90. The molecule has 1 aromatic heterocycles. The van der Waals surface area contributed by atoms with Crippen molar-refractivity contribution < 1.29 is 14.3 Å². The first-order chi connectivity index (χ1) is 10.5. The van der Waals surface area contributed by atoms with Gasteiger partial charge in [0, 0.05) is 18.0 Å². The highest BCUT2D eigenvalue weighted by atomic mass is 32.1. The highest BCUT2D eigenvalue weighted by Crippen LogP contribution is 2.21. The van der Waals surface area contributed by atoms with Gasteiger partial charge in [-0.25, -0.2) is 4.98 Å². The molecule has 22 heavy (non-hydrogen) atoms. The molecule has 0 saturated carbocycles. The van der Waals surface area contributed by atoms with Crippen LogP contribution in [0, 0.1) is 13.8 Å². The third-order valence-corrected chi connectivity index (χ3v) is 5.35. The summed E-state index contributed by atoms with van der Waals surface area (Å²) in [7, 11) is 0. The van der Waals surface area contributed by atoms with Crippen molar-refractivity contribution in [3.05, 3.63) is 15.6 Å². The number of aromatic nitrogens is 1. The number of hydrogen-bond acceptors (Lipinski definition) is 5. The van der Waals surface area contributed by atoms with E-state index >= 15 is 0 Å². The number of nitrogens with zero attached hydrogens (tertiary/aromatic N) is 2. The Kier molecular flexibility index (Phi) is 4.44. The van der Waals surface area contributed by atoms with Gasteiger partial charge in [-0.2, -0.15) is 0 Å². The van der Waals surface area contributed by atoms with Crippen molar-refractivity contribution in [3.8, 4) is 0 Å². The van der Waals surface area contributed by atoms with E-state index in [0.717, 1.165) is 28.4 Å². The van der Waals surface area contributed by atoms with Gasteiger partial charge in [0.05, 0.1) is 29.3 Å². The highest BCUT2D eigenvalue weighted by Gasteiger charge is 2.33. The van der Waals surface area contributed by atoms with Crippen LogP contribution < -0.4 is 5.32 Å². The van der Waals surface area contributed by atoms with Crippen LogP contribution in [0.25, 0.3) is 0 Å². The zero-order valence-corrected chi connectivity index (χ0v) is 13.7. The number of nitrogens with one attached hydrogen (secondary N) is 1. The quantitative estimate of drug-likeness (QED) is 0.874. The molecule has 1 N–H and O–H groups in total. The number of rotatable bonds is 2. The minimum atomic E-state index is -0.0585. The van der Waals surface area contributed by atoms with E-state index in [0.29, 0.717) is 19.5 Å². The van der Waals surface area contributed by atoms with Crippen LogP contribution in [0.3, 0.4) is 0 Å². The summed E-state index contributed by atoms with van der Waals surface area (Å²) < 4.78 is 5.58. The summed E-state index contributed by atoms with van der Waals surface area (Å²) in [4.78, 5) is 31.2. The number of ether oxygens (including phenoxy) is 1. The van der Waals surface area contributed by atoms with E-state index in [1.54, 1.807) is 11.3 Å². The van der Waals surface area contributed by atoms with Gasteiger partial charge in [-0.3, -0.25) is 9.59 Å². The molecule has 3 heterocycles. The van der Waals surface area contributed by atoms with Crippen molar-refractivity contribution in [2.24, 2.45) is 0 Å². The van der Waals surface area contributed by atoms with Crippen molar-refractivity contribution in [2.45, 2.75) is 45.3 Å². The summed E-state index contributed by atoms with van der Waals surface area (Å²) in [6, 6.07) is 0.0337. The van der Waals surface area contributed by atoms with E-state index in [4.69, 9.17) is 4.74 Å². The lowest BCUT2D eigenvalue weighted by molar-refractivity contribution is -0.137. The molecule has 2 fully saturated rings. The standard InChI is InChI=1S/C15H21N3O3S/c1-9-13(22-10(2)16-9)7-15(20)18-5-3-11-12(4-6-18)21-8-14(19)17-11/h11-12H,3-8H2,1-2H3,(H,17,19)/t11-,12-/m0/s1. The smallest absolute Gasteiger partial charge is 0.246 e. The van der Waals surface area contributed by atoms with E-state index in [9.17, 15) is 9.59 Å². The molecule has 0 unspecified atom stereocenters. The van der Waals surface area contributed by atoms with Crippen molar-refractivity contribution >= 4 is 23.2 Å². The van der Waals surface area contributed by atoms with Gasteiger partial charge in [0.25, 0.3) is 0 Å². The minimum Gasteiger partial charge on any atom is -0.366 e. The van der Waals surface area contributed by atoms with Crippen LogP contribution in [-0.4, -0.2) is 53.5 Å². The predicted molar refractivity (Wildman–Crippen MR) is 82.8 cm³/mol. The van der Waals surface area contributed by atoms with Gasteiger partial charge in [-0.15, -0.1) is 11.3 Å². The van der Waals surface area contributed by atoms with Gasteiger partial charge in [0.2, 0.25) is 11.8 Å². The molecule has 0 spiro atoms. The Balaban J connectivity index is 1.62. The predicted octanol–water partition coefficient (Wildman–Crippen LogP) is 0.808. The number of carbonyl (C=O) groups is 2. The fourth-order valence-electron chi connectivity index (χ4n) is 3.11. The fourth-order valence-corrected chi connectivity index (χ4v) is 4.04. The van der Waals surface area contributed by atoms with Gasteiger partial charge < -0.3 is 15.0 Å². The monoisotopic (exact) mass is 323 g/mol. The number of morpholine rings is 1. The first-order valence-electron chi connectivity index (χ1n) is 7.64. The zero-order valence-electron chi connectivity index (χ0n) is 12.9. The summed E-state index contributed by atoms with van der Waals surface area (Å²) in [5.41, 5.74) is 0.954. The molecule has 2 aliphatic rings. The van der Waals surface area contributed by atoms with Crippen LogP contribution >= 0.6 is 11.3 Å². The number of likely N-dealkylation sites (tertiary alicyclic amines) is 1. The van der Waals surface area contributed by atoms with E-state index in [-0.39, 0.29) is 30.6 Å². The molecule has 120 valence electrons. The Labute approximate surface area is 133 Å². The first kappa shape index (κ1) is 15.4. The fraction of sp³-hybridized carbons (Fsp3) is 0.667. The number of aryl methyl sites for hydroxylation is 2. The van der Waals surface area contributed by atoms with Crippen LogP contribution in [0.5, 0.6) is 0 Å². The Morgan fingerprint density at radius 3 is 2.91 bits per heavy atom. The van der Waals surface area contributed by atoms with Gasteiger partial charge >= 0.3 is 0 Å². The minimum absolute atomic E-state index is 0.0304. The molecule has 0 bridgehead atoms. The lowest BCUT2D eigenvalue weighted by Gasteiger charge is -2.30. The molecule has 2 amide bonds. The molecule has 2 aliphatic heterocycles. The van der Waals surface area contributed by atoms with E-state index in [1.807, 2.05) is 18.7 Å². The molecule has 0 aliphatic carbocycles. The zero-order chi connectivity index (χ0) is 15.7. The van der Waals surface area contributed by atoms with Crippen LogP contribution in [0.1, 0.15) is 28.4 Å². The molecule has 6 nitrogen and oxygen atoms in total. The highest BCUT2D eigenvalue weighted by molar-refractivity contribution is 7.11. The molecule has 0 aromatic carbocycles. The summed E-state index contributed by atoms with van der Waals surface area (Å²) in [5.74, 6) is 0.0773. The molecule has 3 rings (SSSR count). The van der Waals surface area contributed by atoms with E-state index in [1.165, 1.54) is 0 Å². The number of amides is 2. The number of carbonyl (C=O) groups excluding carboxylic acids is 2. The van der Waals surface area contributed by atoms with Gasteiger partial charge in [0.1, 0.15) is 6.61 Å². The Morgan fingerprint density at radius 2 is 2.18 bits per heavy atom. The molecule has 2 atom stereocenters. The van der Waals surface area contributed by atoms with Crippen LogP contribution in [0.15, 0.2) is 0 Å². The largest absolute Gasteiger partial charge is 0.366 e. The molecular formula is C15H21N3O3S. The van der Waals surface area contributed by atoms with E-state index in [2.05, 4.69) is 10.3 Å². The Hall–Kier alpha value is -1.47. The second-order valence-corrected chi connectivity index (χ2v) is 7.19. The van der Waals surface area contributed by atoms with Gasteiger partial charge in [-0.1, -0.05) is 0 Å². The average molecular weight is 323 g/mol. The molecule has 2 saturated heterocycles. The number of thiazole rings is 1. The maximum absolute atomic E-state index is 12.5. The van der Waals surface area contributed by atoms with Crippen molar-refractivity contribution in [1.82, 2.24) is 15.2 Å². The van der Waals surface area contributed by atoms with Crippen molar-refractivity contribution in [3.63, 3.8) is 0 Å². The van der Waals surface area contributed by atoms with Crippen molar-refractivity contribution in [2.75, 3.05) is 19.7 Å². The van der Waals surface area contributed by atoms with E-state index < -0.39 is 0 Å². The van der Waals surface area contributed by atoms with Gasteiger partial charge in [-0.05, 0) is 26.7 Å². The molecule has 0 radical (unpaired) electrons. The summed E-state index contributed by atoms with van der Waals surface area (Å²) in [5, 5.41) is 3.97.